The lowest BCUT2D eigenvalue weighted by Crippen LogP contribution is -2.46. The summed E-state index contributed by atoms with van der Waals surface area (Å²) in [5.41, 5.74) is 9.96. The van der Waals surface area contributed by atoms with Gasteiger partial charge >= 0.3 is 5.97 Å². The first-order valence-electron chi connectivity index (χ1n) is 36.5. The van der Waals surface area contributed by atoms with Crippen LogP contribution in [0.15, 0.2) is 96.2 Å². The van der Waals surface area contributed by atoms with Gasteiger partial charge in [0.1, 0.15) is 11.5 Å². The van der Waals surface area contributed by atoms with E-state index in [0.717, 1.165) is 79.8 Å². The van der Waals surface area contributed by atoms with E-state index in [4.69, 9.17) is 52.4 Å². The van der Waals surface area contributed by atoms with Crippen molar-refractivity contribution in [2.75, 3.05) is 151 Å². The van der Waals surface area contributed by atoms with Crippen LogP contribution in [-0.4, -0.2) is 235 Å². The van der Waals surface area contributed by atoms with Gasteiger partial charge in [0.2, 0.25) is 17.7 Å². The van der Waals surface area contributed by atoms with Crippen LogP contribution in [0.5, 0.6) is 5.75 Å². The number of phenols is 1. The predicted octanol–water partition coefficient (Wildman–Crippen LogP) is 7.13. The average molecular weight is 1490 g/mol. The molecule has 4 aliphatic rings. The van der Waals surface area contributed by atoms with Gasteiger partial charge in [0, 0.05) is 115 Å². The van der Waals surface area contributed by atoms with Gasteiger partial charge in [-0.25, -0.2) is 19.8 Å². The number of ether oxygens (including phenoxy) is 10. The number of esters is 1. The van der Waals surface area contributed by atoms with Crippen LogP contribution >= 0.6 is 0 Å². The van der Waals surface area contributed by atoms with Gasteiger partial charge in [0.15, 0.2) is 11.4 Å². The third-order valence-electron chi connectivity index (χ3n) is 19.3. The van der Waals surface area contributed by atoms with Crippen molar-refractivity contribution in [3.8, 4) is 5.75 Å². The summed E-state index contributed by atoms with van der Waals surface area (Å²) in [4.78, 5) is 87.3. The third kappa shape index (κ3) is 22.4. The van der Waals surface area contributed by atoms with Crippen molar-refractivity contribution in [1.82, 2.24) is 35.1 Å². The van der Waals surface area contributed by atoms with Gasteiger partial charge in [-0.05, 0) is 84.5 Å². The van der Waals surface area contributed by atoms with Gasteiger partial charge in [-0.15, -0.1) is 0 Å². The molecule has 0 fully saturated rings. The Morgan fingerprint density at radius 1 is 0.708 bits per heavy atom. The SMILES string of the molecule is C=C1C2=C(C=C3c4nc5ccc(O)cc5c(CC)c4CN13)[C@](CC)(OC(=O)c1ccc(NC(=O)[C@H](C)CC(=O)[C@@H](NC(=O)CCOCCOCCOCCOCCOCCOCCOCCOCCNC(=O)[C@@H](CC(=O)CCn3c4c(c5ccccc53)CN(C)N(C)C4)CS(=O)(=O)O)C(C)C)cc1)COC2. The highest BCUT2D eigenvalue weighted by atomic mass is 32.2. The fraction of sp³-hybridized carbons (Fsp3) is 0.545. The number of amides is 3. The molecule has 4 atom stereocenters. The van der Waals surface area contributed by atoms with E-state index < -0.39 is 57.1 Å². The highest BCUT2D eigenvalue weighted by Crippen LogP contribution is 2.49. The van der Waals surface area contributed by atoms with Crippen LogP contribution in [-0.2, 0) is 114 Å². The fourth-order valence-corrected chi connectivity index (χ4v) is 14.2. The molecule has 0 saturated carbocycles. The molecular weight excluding hydrogens is 1390 g/mol. The van der Waals surface area contributed by atoms with E-state index in [1.807, 2.05) is 59.1 Å². The van der Waals surface area contributed by atoms with Gasteiger partial charge in [0.05, 0.1) is 172 Å². The Morgan fingerprint density at radius 2 is 1.31 bits per heavy atom. The molecule has 4 aliphatic heterocycles. The lowest BCUT2D eigenvalue weighted by atomic mass is 9.82. The van der Waals surface area contributed by atoms with Gasteiger partial charge in [-0.2, -0.15) is 8.42 Å². The molecule has 2 aromatic heterocycles. The van der Waals surface area contributed by atoms with Crippen LogP contribution in [0.25, 0.3) is 27.5 Å². The number of benzene rings is 3. The van der Waals surface area contributed by atoms with Gasteiger partial charge in [-0.1, -0.05) is 59.4 Å². The van der Waals surface area contributed by atoms with Crippen molar-refractivity contribution in [3.05, 3.63) is 130 Å². The van der Waals surface area contributed by atoms with Crippen LogP contribution in [0, 0.1) is 17.8 Å². The zero-order valence-electron chi connectivity index (χ0n) is 62.0. The second kappa shape index (κ2) is 39.8. The molecule has 5 aromatic rings. The van der Waals surface area contributed by atoms with Crippen LogP contribution in [0.1, 0.15) is 105 Å². The second-order valence-electron chi connectivity index (χ2n) is 27.2. The first kappa shape index (κ1) is 82.2. The molecule has 106 heavy (non-hydrogen) atoms. The summed E-state index contributed by atoms with van der Waals surface area (Å²) >= 11 is 0. The van der Waals surface area contributed by atoms with E-state index in [1.165, 1.54) is 5.56 Å². The lowest BCUT2D eigenvalue weighted by Gasteiger charge is -2.42. The Labute approximate surface area is 620 Å². The summed E-state index contributed by atoms with van der Waals surface area (Å²) in [6.45, 7) is 21.6. The molecule has 0 unspecified atom stereocenters. The van der Waals surface area contributed by atoms with Crippen LogP contribution < -0.4 is 16.0 Å². The topological polar surface area (TPSA) is 333 Å². The number of carbonyl (C=O) groups excluding carboxylic acids is 6. The Morgan fingerprint density at radius 3 is 1.92 bits per heavy atom. The molecular formula is C77H104N8O20S. The maximum atomic E-state index is 14.0. The summed E-state index contributed by atoms with van der Waals surface area (Å²) in [7, 11) is -0.519. The Balaban J connectivity index is 0.543. The number of rotatable bonds is 46. The number of aromatic nitrogens is 2. The first-order chi connectivity index (χ1) is 51.0. The number of phenolic OH excluding ortho intramolecular Hbond substituents is 1. The number of anilines is 1. The van der Waals surface area contributed by atoms with E-state index in [1.54, 1.807) is 43.3 Å². The maximum absolute atomic E-state index is 14.0. The summed E-state index contributed by atoms with van der Waals surface area (Å²) in [5.74, 6) is -5.48. The van der Waals surface area contributed by atoms with Crippen molar-refractivity contribution < 1.29 is 94.2 Å². The van der Waals surface area contributed by atoms with Crippen LogP contribution in [0.4, 0.5) is 5.69 Å². The highest BCUT2D eigenvalue weighted by Gasteiger charge is 2.46. The molecule has 0 saturated heterocycles. The number of hydrazine groups is 1. The Kier molecular flexibility index (Phi) is 30.9. The highest BCUT2D eigenvalue weighted by molar-refractivity contribution is 7.85. The minimum atomic E-state index is -4.54. The summed E-state index contributed by atoms with van der Waals surface area (Å²) < 4.78 is 92.3. The van der Waals surface area contributed by atoms with E-state index in [0.29, 0.717) is 111 Å². The molecule has 0 aliphatic carbocycles. The van der Waals surface area contributed by atoms with Crippen LogP contribution in [0.2, 0.25) is 0 Å². The molecule has 28 nitrogen and oxygen atoms in total. The number of carbonyl (C=O) groups is 6. The first-order valence-corrected chi connectivity index (χ1v) is 38.1. The number of nitrogens with zero attached hydrogens (tertiary/aromatic N) is 5. The van der Waals surface area contributed by atoms with Gasteiger partial charge < -0.3 is 77.9 Å². The number of aromatic hydroxyl groups is 1. The van der Waals surface area contributed by atoms with Crippen molar-refractivity contribution in [3.63, 3.8) is 0 Å². The van der Waals surface area contributed by atoms with Gasteiger partial charge in [-0.3, -0.25) is 28.5 Å². The normalized spacial score (nSPS) is 16.9. The number of ketones is 2. The number of para-hydroxylation sites is 1. The number of pyridine rings is 1. The quantitative estimate of drug-likeness (QED) is 0.0147. The Hall–Kier alpha value is -7.88. The number of Topliss-reactive ketones (excluding diaryl/α,β-unsaturated/α-hetero) is 2. The average Bonchev–Trinajstić information content (AvgIpc) is 1.51. The number of hydrogen-bond acceptors (Lipinski definition) is 23. The lowest BCUT2D eigenvalue weighted by molar-refractivity contribution is -0.131. The molecule has 0 radical (unpaired) electrons. The molecule has 6 heterocycles. The summed E-state index contributed by atoms with van der Waals surface area (Å²) in [6.07, 6.45) is 2.88. The minimum absolute atomic E-state index is 0.0245. The smallest absolute Gasteiger partial charge is 0.339 e. The monoisotopic (exact) mass is 1490 g/mol. The third-order valence-corrected chi connectivity index (χ3v) is 20.1. The van der Waals surface area contributed by atoms with Crippen molar-refractivity contribution in [2.24, 2.45) is 17.8 Å². The molecule has 3 amide bonds. The summed E-state index contributed by atoms with van der Waals surface area (Å²) in [5, 5.41) is 24.9. The van der Waals surface area contributed by atoms with E-state index in [-0.39, 0.29) is 107 Å². The number of aryl methyl sites for hydroxylation is 2. The second-order valence-corrected chi connectivity index (χ2v) is 28.7. The van der Waals surface area contributed by atoms with Crippen molar-refractivity contribution in [1.29, 1.82) is 0 Å². The molecule has 9 rings (SSSR count). The molecule has 578 valence electrons. The molecule has 29 heteroatoms. The van der Waals surface area contributed by atoms with E-state index >= 15 is 0 Å². The maximum Gasteiger partial charge on any atom is 0.339 e. The fourth-order valence-electron chi connectivity index (χ4n) is 13.5. The minimum Gasteiger partial charge on any atom is -0.508 e. The van der Waals surface area contributed by atoms with E-state index in [2.05, 4.69) is 61.1 Å². The largest absolute Gasteiger partial charge is 0.508 e. The van der Waals surface area contributed by atoms with Crippen LogP contribution in [0.3, 0.4) is 0 Å². The summed E-state index contributed by atoms with van der Waals surface area (Å²) in [6, 6.07) is 18.8. The number of fused-ring (bicyclic) bond motifs is 7. The van der Waals surface area contributed by atoms with Crippen molar-refractivity contribution >= 4 is 78.6 Å². The van der Waals surface area contributed by atoms with Gasteiger partial charge in [0.25, 0.3) is 10.1 Å². The molecule has 5 N–H and O–H groups in total. The van der Waals surface area contributed by atoms with E-state index in [9.17, 15) is 46.8 Å². The van der Waals surface area contributed by atoms with Crippen molar-refractivity contribution in [2.45, 2.75) is 111 Å². The standard InChI is InChI=1S/C77H104N8O20S/c1-9-59-61-43-57(86)19-20-66(61)80-73-63(59)46-85-53(6)64-48-104-50-77(10-2,65(64)44-68(73)85)105-76(92)54-15-17-56(18-16-54)79-74(90)52(5)41-70(88)72(51(3)4)81-71(89)22-25-96-27-29-98-31-33-100-35-37-102-39-40-103-38-36-101-34-32-99-30-28-97-26-23-78-75(91)55(49-106(93,94)95)42-58(87)21-24-84-67-14-12-11-13-60(67)62-45-82(7)83(8)47-69(62)84/h11-20,43-44,51-52,55,72,86H,6,9-10,21-42,45-50H2,1-5,7-8H3,(H,78,91)(H,79,90)(H,81,89)(H,93,94,95)/t52-,55+,72+,77-/m1/s1. The predicted molar refractivity (Wildman–Crippen MR) is 396 cm³/mol. The molecule has 3 aromatic carbocycles. The molecule has 0 bridgehead atoms. The zero-order chi connectivity index (χ0) is 75.9. The zero-order valence-corrected chi connectivity index (χ0v) is 62.9. The Bertz CT molecular complexity index is 4070. The number of nitrogens with one attached hydrogen (secondary N) is 3. The number of hydrogen-bond donors (Lipinski definition) is 5. The molecule has 0 spiro atoms.